The van der Waals surface area contributed by atoms with Gasteiger partial charge in [-0.1, -0.05) is 44.7 Å². The SMILES string of the molecule is CCCCC(CC)COCC(O)c1cc(C)ccc1OC. The van der Waals surface area contributed by atoms with Crippen LogP contribution in [-0.2, 0) is 4.74 Å². The first-order valence-corrected chi connectivity index (χ1v) is 8.02. The van der Waals surface area contributed by atoms with Gasteiger partial charge in [-0.2, -0.15) is 0 Å². The topological polar surface area (TPSA) is 38.7 Å². The van der Waals surface area contributed by atoms with Gasteiger partial charge in [0.25, 0.3) is 0 Å². The van der Waals surface area contributed by atoms with Gasteiger partial charge < -0.3 is 14.6 Å². The maximum Gasteiger partial charge on any atom is 0.124 e. The first kappa shape index (κ1) is 18.0. The average molecular weight is 294 g/mol. The Morgan fingerprint density at radius 3 is 2.57 bits per heavy atom. The van der Waals surface area contributed by atoms with Crippen molar-refractivity contribution in [3.63, 3.8) is 0 Å². The van der Waals surface area contributed by atoms with Gasteiger partial charge in [-0.15, -0.1) is 0 Å². The van der Waals surface area contributed by atoms with Crippen molar-refractivity contribution >= 4 is 0 Å². The minimum Gasteiger partial charge on any atom is -0.496 e. The van der Waals surface area contributed by atoms with Crippen LogP contribution < -0.4 is 4.74 Å². The van der Waals surface area contributed by atoms with Crippen LogP contribution in [0.25, 0.3) is 0 Å². The Morgan fingerprint density at radius 2 is 1.95 bits per heavy atom. The molecule has 21 heavy (non-hydrogen) atoms. The van der Waals surface area contributed by atoms with Crippen LogP contribution in [-0.4, -0.2) is 25.4 Å². The molecule has 0 radical (unpaired) electrons. The summed E-state index contributed by atoms with van der Waals surface area (Å²) in [6.07, 6.45) is 4.17. The molecule has 0 heterocycles. The molecule has 0 aliphatic rings. The van der Waals surface area contributed by atoms with Crippen LogP contribution in [0.15, 0.2) is 18.2 Å². The van der Waals surface area contributed by atoms with Crippen molar-refractivity contribution in [2.24, 2.45) is 5.92 Å². The third-order valence-electron chi connectivity index (χ3n) is 3.92. The van der Waals surface area contributed by atoms with Crippen LogP contribution in [0.4, 0.5) is 0 Å². The van der Waals surface area contributed by atoms with Gasteiger partial charge in [0.1, 0.15) is 11.9 Å². The highest BCUT2D eigenvalue weighted by Gasteiger charge is 2.15. The van der Waals surface area contributed by atoms with E-state index in [1.807, 2.05) is 25.1 Å². The van der Waals surface area contributed by atoms with Gasteiger partial charge in [-0.3, -0.25) is 0 Å². The second kappa shape index (κ2) is 9.80. The van der Waals surface area contributed by atoms with E-state index in [9.17, 15) is 5.11 Å². The fourth-order valence-electron chi connectivity index (χ4n) is 2.45. The van der Waals surface area contributed by atoms with E-state index in [-0.39, 0.29) is 0 Å². The maximum atomic E-state index is 10.3. The van der Waals surface area contributed by atoms with Crippen molar-refractivity contribution in [1.82, 2.24) is 0 Å². The predicted octanol–water partition coefficient (Wildman–Crippen LogP) is 4.27. The van der Waals surface area contributed by atoms with Crippen molar-refractivity contribution in [3.8, 4) is 5.75 Å². The predicted molar refractivity (Wildman–Crippen MR) is 86.8 cm³/mol. The molecule has 0 aromatic heterocycles. The number of unbranched alkanes of at least 4 members (excludes halogenated alkanes) is 1. The van der Waals surface area contributed by atoms with Crippen LogP contribution in [0, 0.1) is 12.8 Å². The molecule has 0 amide bonds. The number of aryl methyl sites for hydroxylation is 1. The normalized spacial score (nSPS) is 14.0. The molecular formula is C18H30O3. The number of hydrogen-bond acceptors (Lipinski definition) is 3. The molecule has 0 aliphatic heterocycles. The van der Waals surface area contributed by atoms with Gasteiger partial charge in [0, 0.05) is 12.2 Å². The maximum absolute atomic E-state index is 10.3. The highest BCUT2D eigenvalue weighted by molar-refractivity contribution is 5.38. The molecule has 2 atom stereocenters. The highest BCUT2D eigenvalue weighted by Crippen LogP contribution is 2.26. The first-order valence-electron chi connectivity index (χ1n) is 8.02. The van der Waals surface area contributed by atoms with Crippen LogP contribution in [0.3, 0.4) is 0 Å². The third kappa shape index (κ3) is 6.06. The molecule has 3 heteroatoms. The molecule has 1 aromatic rings. The van der Waals surface area contributed by atoms with Crippen molar-refractivity contribution in [1.29, 1.82) is 0 Å². The molecule has 0 aliphatic carbocycles. The molecule has 0 fully saturated rings. The fraction of sp³-hybridized carbons (Fsp3) is 0.667. The number of aliphatic hydroxyl groups is 1. The first-order chi connectivity index (χ1) is 10.1. The Kier molecular flexibility index (Phi) is 8.40. The number of hydrogen-bond donors (Lipinski definition) is 1. The minimum absolute atomic E-state index is 0.322. The molecule has 1 rings (SSSR count). The van der Waals surface area contributed by atoms with Gasteiger partial charge in [-0.05, 0) is 31.4 Å². The quantitative estimate of drug-likeness (QED) is 0.700. The van der Waals surface area contributed by atoms with E-state index in [4.69, 9.17) is 9.47 Å². The van der Waals surface area contributed by atoms with Crippen LogP contribution in [0.5, 0.6) is 5.75 Å². The standard InChI is InChI=1S/C18H30O3/c1-5-7-8-15(6-2)12-21-13-17(19)16-11-14(3)9-10-18(16)20-4/h9-11,15,17,19H,5-8,12-13H2,1-4H3. The van der Waals surface area contributed by atoms with Crippen molar-refractivity contribution < 1.29 is 14.6 Å². The summed E-state index contributed by atoms with van der Waals surface area (Å²) in [5, 5.41) is 10.3. The molecule has 1 N–H and O–H groups in total. The van der Waals surface area contributed by atoms with Crippen molar-refractivity contribution in [2.45, 2.75) is 52.6 Å². The number of ether oxygens (including phenoxy) is 2. The number of aliphatic hydroxyl groups excluding tert-OH is 1. The lowest BCUT2D eigenvalue weighted by atomic mass is 10.0. The van der Waals surface area contributed by atoms with Gasteiger partial charge in [0.15, 0.2) is 0 Å². The zero-order valence-corrected chi connectivity index (χ0v) is 13.9. The second-order valence-electron chi connectivity index (χ2n) is 5.72. The van der Waals surface area contributed by atoms with E-state index in [2.05, 4.69) is 13.8 Å². The van der Waals surface area contributed by atoms with Gasteiger partial charge in [0.2, 0.25) is 0 Å². The van der Waals surface area contributed by atoms with Crippen LogP contribution in [0.1, 0.15) is 56.8 Å². The zero-order valence-electron chi connectivity index (χ0n) is 13.9. The van der Waals surface area contributed by atoms with E-state index >= 15 is 0 Å². The third-order valence-corrected chi connectivity index (χ3v) is 3.92. The smallest absolute Gasteiger partial charge is 0.124 e. The fourth-order valence-corrected chi connectivity index (χ4v) is 2.45. The molecule has 0 spiro atoms. The summed E-state index contributed by atoms with van der Waals surface area (Å²) < 4.78 is 11.0. The van der Waals surface area contributed by atoms with E-state index in [0.29, 0.717) is 12.5 Å². The Morgan fingerprint density at radius 1 is 1.19 bits per heavy atom. The Bertz CT molecular complexity index is 403. The minimum atomic E-state index is -0.636. The zero-order chi connectivity index (χ0) is 15.7. The Balaban J connectivity index is 2.49. The highest BCUT2D eigenvalue weighted by atomic mass is 16.5. The van der Waals surface area contributed by atoms with E-state index in [1.165, 1.54) is 19.3 Å². The summed E-state index contributed by atoms with van der Waals surface area (Å²) in [6.45, 7) is 7.46. The number of methoxy groups -OCH3 is 1. The Labute approximate surface area is 129 Å². The van der Waals surface area contributed by atoms with E-state index < -0.39 is 6.10 Å². The van der Waals surface area contributed by atoms with Gasteiger partial charge >= 0.3 is 0 Å². The van der Waals surface area contributed by atoms with Crippen molar-refractivity contribution in [3.05, 3.63) is 29.3 Å². The van der Waals surface area contributed by atoms with E-state index in [1.54, 1.807) is 7.11 Å². The van der Waals surface area contributed by atoms with Crippen LogP contribution >= 0.6 is 0 Å². The van der Waals surface area contributed by atoms with Gasteiger partial charge in [0.05, 0.1) is 13.7 Å². The lowest BCUT2D eigenvalue weighted by Crippen LogP contribution is -2.14. The number of benzene rings is 1. The monoisotopic (exact) mass is 294 g/mol. The molecule has 1 aromatic carbocycles. The molecule has 2 unspecified atom stereocenters. The van der Waals surface area contributed by atoms with Crippen molar-refractivity contribution in [2.75, 3.05) is 20.3 Å². The number of rotatable bonds is 10. The molecule has 3 nitrogen and oxygen atoms in total. The average Bonchev–Trinajstić information content (AvgIpc) is 2.50. The molecular weight excluding hydrogens is 264 g/mol. The summed E-state index contributed by atoms with van der Waals surface area (Å²) in [6, 6.07) is 5.83. The lowest BCUT2D eigenvalue weighted by molar-refractivity contribution is 0.0171. The van der Waals surface area contributed by atoms with Gasteiger partial charge in [-0.25, -0.2) is 0 Å². The largest absolute Gasteiger partial charge is 0.496 e. The van der Waals surface area contributed by atoms with E-state index in [0.717, 1.165) is 29.9 Å². The molecule has 0 bridgehead atoms. The Hall–Kier alpha value is -1.06. The molecule has 120 valence electrons. The lowest BCUT2D eigenvalue weighted by Gasteiger charge is -2.18. The summed E-state index contributed by atoms with van der Waals surface area (Å²) in [5.41, 5.74) is 1.92. The second-order valence-corrected chi connectivity index (χ2v) is 5.72. The summed E-state index contributed by atoms with van der Waals surface area (Å²) in [4.78, 5) is 0. The summed E-state index contributed by atoms with van der Waals surface area (Å²) in [5.74, 6) is 1.31. The molecule has 0 saturated carbocycles. The molecule has 0 saturated heterocycles. The summed E-state index contributed by atoms with van der Waals surface area (Å²) >= 11 is 0. The summed E-state index contributed by atoms with van der Waals surface area (Å²) in [7, 11) is 1.62. The van der Waals surface area contributed by atoms with Crippen LogP contribution in [0.2, 0.25) is 0 Å².